The minimum absolute atomic E-state index is 0.0406. The summed E-state index contributed by atoms with van der Waals surface area (Å²) in [5.74, 6) is -0.818. The number of amides is 1. The standard InChI is InChI=1S/C15H11Cl2F3N2O2/c1-8(9-2-4-10(5-3-9)24-15(18,19)20)21-14(23)11-6-7-12(16)22-13(11)17/h2-8H,1H3,(H,21,23). The van der Waals surface area contributed by atoms with Gasteiger partial charge in [0.15, 0.2) is 0 Å². The van der Waals surface area contributed by atoms with Gasteiger partial charge in [-0.05, 0) is 36.8 Å². The van der Waals surface area contributed by atoms with E-state index in [0.717, 1.165) is 0 Å². The van der Waals surface area contributed by atoms with Crippen LogP contribution in [0.2, 0.25) is 10.3 Å². The molecule has 0 saturated carbocycles. The first-order valence-electron chi connectivity index (χ1n) is 6.64. The number of nitrogens with zero attached hydrogens (tertiary/aromatic N) is 1. The molecular weight excluding hydrogens is 368 g/mol. The molecule has 0 radical (unpaired) electrons. The zero-order chi connectivity index (χ0) is 17.9. The lowest BCUT2D eigenvalue weighted by atomic mass is 10.1. The fraction of sp³-hybridized carbons (Fsp3) is 0.200. The molecule has 0 aliphatic carbocycles. The summed E-state index contributed by atoms with van der Waals surface area (Å²) in [4.78, 5) is 15.9. The van der Waals surface area contributed by atoms with Gasteiger partial charge in [-0.25, -0.2) is 4.98 Å². The summed E-state index contributed by atoms with van der Waals surface area (Å²) < 4.78 is 40.1. The van der Waals surface area contributed by atoms with E-state index in [0.29, 0.717) is 5.56 Å². The predicted molar refractivity (Wildman–Crippen MR) is 83.3 cm³/mol. The Balaban J connectivity index is 2.06. The van der Waals surface area contributed by atoms with Crippen molar-refractivity contribution >= 4 is 29.1 Å². The predicted octanol–water partition coefficient (Wildman–Crippen LogP) is 4.78. The van der Waals surface area contributed by atoms with Crippen LogP contribution in [0.15, 0.2) is 36.4 Å². The number of nitrogens with one attached hydrogen (secondary N) is 1. The number of pyridine rings is 1. The monoisotopic (exact) mass is 378 g/mol. The number of hydrogen-bond donors (Lipinski definition) is 1. The van der Waals surface area contributed by atoms with Crippen molar-refractivity contribution in [2.75, 3.05) is 0 Å². The lowest BCUT2D eigenvalue weighted by molar-refractivity contribution is -0.274. The van der Waals surface area contributed by atoms with E-state index in [-0.39, 0.29) is 21.6 Å². The number of ether oxygens (including phenoxy) is 1. The second-order valence-corrected chi connectivity index (χ2v) is 5.53. The summed E-state index contributed by atoms with van der Waals surface area (Å²) in [5.41, 5.74) is 0.737. The SMILES string of the molecule is CC(NC(=O)c1ccc(Cl)nc1Cl)c1ccc(OC(F)(F)F)cc1. The average molecular weight is 379 g/mol. The molecule has 1 unspecified atom stereocenters. The highest BCUT2D eigenvalue weighted by Gasteiger charge is 2.31. The molecule has 1 aromatic carbocycles. The number of carbonyl (C=O) groups excluding carboxylic acids is 1. The fourth-order valence-electron chi connectivity index (χ4n) is 1.90. The third-order valence-electron chi connectivity index (χ3n) is 3.02. The van der Waals surface area contributed by atoms with Crippen LogP contribution in [0.25, 0.3) is 0 Å². The minimum atomic E-state index is -4.75. The minimum Gasteiger partial charge on any atom is -0.406 e. The van der Waals surface area contributed by atoms with Gasteiger partial charge in [-0.1, -0.05) is 35.3 Å². The topological polar surface area (TPSA) is 51.2 Å². The second kappa shape index (κ2) is 7.27. The van der Waals surface area contributed by atoms with Crippen molar-refractivity contribution in [3.8, 4) is 5.75 Å². The third kappa shape index (κ3) is 5.01. The van der Waals surface area contributed by atoms with Crippen molar-refractivity contribution in [3.63, 3.8) is 0 Å². The van der Waals surface area contributed by atoms with Gasteiger partial charge in [-0.2, -0.15) is 0 Å². The summed E-state index contributed by atoms with van der Waals surface area (Å²) in [7, 11) is 0. The Morgan fingerprint density at radius 1 is 1.17 bits per heavy atom. The van der Waals surface area contributed by atoms with Crippen LogP contribution < -0.4 is 10.1 Å². The molecule has 2 rings (SSSR count). The molecule has 1 atom stereocenters. The lowest BCUT2D eigenvalue weighted by Gasteiger charge is -2.16. The molecule has 1 aromatic heterocycles. The summed E-state index contributed by atoms with van der Waals surface area (Å²) >= 11 is 11.5. The summed E-state index contributed by atoms with van der Waals surface area (Å²) in [6.07, 6.45) is -4.75. The van der Waals surface area contributed by atoms with Gasteiger partial charge < -0.3 is 10.1 Å². The molecule has 0 fully saturated rings. The van der Waals surface area contributed by atoms with E-state index in [2.05, 4.69) is 15.0 Å². The van der Waals surface area contributed by atoms with Crippen LogP contribution >= 0.6 is 23.2 Å². The highest BCUT2D eigenvalue weighted by Crippen LogP contribution is 2.25. The van der Waals surface area contributed by atoms with E-state index < -0.39 is 18.3 Å². The Morgan fingerprint density at radius 3 is 2.33 bits per heavy atom. The molecular formula is C15H11Cl2F3N2O2. The van der Waals surface area contributed by atoms with Gasteiger partial charge >= 0.3 is 6.36 Å². The van der Waals surface area contributed by atoms with Crippen molar-refractivity contribution in [1.82, 2.24) is 10.3 Å². The van der Waals surface area contributed by atoms with Crippen LogP contribution in [0.1, 0.15) is 28.9 Å². The van der Waals surface area contributed by atoms with Crippen molar-refractivity contribution in [3.05, 3.63) is 57.8 Å². The van der Waals surface area contributed by atoms with Gasteiger partial charge in [-0.15, -0.1) is 13.2 Å². The van der Waals surface area contributed by atoms with Gasteiger partial charge in [0.05, 0.1) is 11.6 Å². The molecule has 0 spiro atoms. The van der Waals surface area contributed by atoms with Gasteiger partial charge in [0.1, 0.15) is 16.1 Å². The molecule has 0 bridgehead atoms. The van der Waals surface area contributed by atoms with E-state index in [4.69, 9.17) is 23.2 Å². The Labute approximate surface area is 145 Å². The third-order valence-corrected chi connectivity index (χ3v) is 3.52. The van der Waals surface area contributed by atoms with Crippen LogP contribution in [-0.2, 0) is 0 Å². The van der Waals surface area contributed by atoms with Crippen LogP contribution in [0.4, 0.5) is 13.2 Å². The molecule has 0 saturated heterocycles. The van der Waals surface area contributed by atoms with E-state index in [1.807, 2.05) is 0 Å². The molecule has 4 nitrogen and oxygen atoms in total. The number of aromatic nitrogens is 1. The van der Waals surface area contributed by atoms with E-state index in [1.165, 1.54) is 36.4 Å². The highest BCUT2D eigenvalue weighted by atomic mass is 35.5. The van der Waals surface area contributed by atoms with E-state index in [1.54, 1.807) is 6.92 Å². The number of hydrogen-bond acceptors (Lipinski definition) is 3. The van der Waals surface area contributed by atoms with E-state index in [9.17, 15) is 18.0 Å². The van der Waals surface area contributed by atoms with Crippen LogP contribution in [0, 0.1) is 0 Å². The van der Waals surface area contributed by atoms with Crippen molar-refractivity contribution in [1.29, 1.82) is 0 Å². The zero-order valence-corrected chi connectivity index (χ0v) is 13.7. The first-order valence-corrected chi connectivity index (χ1v) is 7.40. The lowest BCUT2D eigenvalue weighted by Crippen LogP contribution is -2.27. The van der Waals surface area contributed by atoms with Gasteiger partial charge in [0.25, 0.3) is 5.91 Å². The number of alkyl halides is 3. The number of benzene rings is 1. The Morgan fingerprint density at radius 2 is 1.79 bits per heavy atom. The molecule has 128 valence electrons. The van der Waals surface area contributed by atoms with Crippen LogP contribution in [0.3, 0.4) is 0 Å². The highest BCUT2D eigenvalue weighted by molar-refractivity contribution is 6.34. The summed E-state index contributed by atoms with van der Waals surface area (Å²) in [6.45, 7) is 1.68. The Kier molecular flexibility index (Phi) is 5.56. The number of halogens is 5. The fourth-order valence-corrected chi connectivity index (χ4v) is 2.33. The molecule has 24 heavy (non-hydrogen) atoms. The number of rotatable bonds is 4. The van der Waals surface area contributed by atoms with Gasteiger partial charge in [0, 0.05) is 0 Å². The molecule has 1 heterocycles. The van der Waals surface area contributed by atoms with Gasteiger partial charge in [0.2, 0.25) is 0 Å². The molecule has 2 aromatic rings. The van der Waals surface area contributed by atoms with Gasteiger partial charge in [-0.3, -0.25) is 4.79 Å². The Bertz CT molecular complexity index is 736. The average Bonchev–Trinajstić information content (AvgIpc) is 2.45. The molecule has 0 aliphatic rings. The largest absolute Gasteiger partial charge is 0.573 e. The zero-order valence-electron chi connectivity index (χ0n) is 12.2. The summed E-state index contributed by atoms with van der Waals surface area (Å²) in [5, 5.41) is 2.79. The van der Waals surface area contributed by atoms with Crippen molar-refractivity contribution in [2.24, 2.45) is 0 Å². The Hall–Kier alpha value is -1.99. The molecule has 1 amide bonds. The molecule has 1 N–H and O–H groups in total. The first-order chi connectivity index (χ1) is 11.2. The maximum Gasteiger partial charge on any atom is 0.573 e. The normalized spacial score (nSPS) is 12.6. The van der Waals surface area contributed by atoms with Crippen LogP contribution in [-0.4, -0.2) is 17.3 Å². The molecule has 0 aliphatic heterocycles. The van der Waals surface area contributed by atoms with Crippen molar-refractivity contribution < 1.29 is 22.7 Å². The van der Waals surface area contributed by atoms with E-state index >= 15 is 0 Å². The smallest absolute Gasteiger partial charge is 0.406 e. The quantitative estimate of drug-likeness (QED) is 0.779. The van der Waals surface area contributed by atoms with Crippen molar-refractivity contribution in [2.45, 2.75) is 19.3 Å². The molecule has 9 heteroatoms. The van der Waals surface area contributed by atoms with Crippen LogP contribution in [0.5, 0.6) is 5.75 Å². The second-order valence-electron chi connectivity index (χ2n) is 4.78. The first kappa shape index (κ1) is 18.4. The number of carbonyl (C=O) groups is 1. The maximum atomic E-state index is 12.2. The summed E-state index contributed by atoms with van der Waals surface area (Å²) in [6, 6.07) is 7.58. The maximum absolute atomic E-state index is 12.2.